The maximum absolute atomic E-state index is 8.86. The molecule has 0 aromatic carbocycles. The van der Waals surface area contributed by atoms with Gasteiger partial charge in [-0.15, -0.1) is 0 Å². The van der Waals surface area contributed by atoms with Gasteiger partial charge in [0, 0.05) is 13.0 Å². The van der Waals surface area contributed by atoms with Crippen LogP contribution < -0.4 is 5.73 Å². The largest absolute Gasteiger partial charge is 0.392 e. The minimum absolute atomic E-state index is 0.300. The monoisotopic (exact) mass is 117 g/mol. The molecule has 0 radical (unpaired) electrons. The van der Waals surface area contributed by atoms with Gasteiger partial charge in [0.05, 0.1) is 18.8 Å². The Labute approximate surface area is 48.4 Å². The Hall–Kier alpha value is -0.120. The highest BCUT2D eigenvalue weighted by Gasteiger charge is 2.24. The average Bonchev–Trinajstić information content (AvgIpc) is 2.50. The molecule has 0 aromatic heterocycles. The fraction of sp³-hybridized carbons (Fsp3) is 1.00. The molecule has 1 fully saturated rings. The van der Waals surface area contributed by atoms with Crippen molar-refractivity contribution in [3.8, 4) is 0 Å². The van der Waals surface area contributed by atoms with Gasteiger partial charge in [-0.1, -0.05) is 0 Å². The van der Waals surface area contributed by atoms with Crippen molar-refractivity contribution >= 4 is 0 Å². The SMILES string of the molecule is NCC(O)CC1CO1. The van der Waals surface area contributed by atoms with E-state index < -0.39 is 0 Å². The van der Waals surface area contributed by atoms with Crippen molar-refractivity contribution in [3.63, 3.8) is 0 Å². The van der Waals surface area contributed by atoms with Gasteiger partial charge in [0.1, 0.15) is 0 Å². The third-order valence-corrected chi connectivity index (χ3v) is 1.21. The highest BCUT2D eigenvalue weighted by atomic mass is 16.6. The average molecular weight is 117 g/mol. The summed E-state index contributed by atoms with van der Waals surface area (Å²) >= 11 is 0. The second kappa shape index (κ2) is 2.44. The summed E-state index contributed by atoms with van der Waals surface area (Å²) in [7, 11) is 0. The summed E-state index contributed by atoms with van der Waals surface area (Å²) < 4.78 is 4.87. The molecule has 0 spiro atoms. The van der Waals surface area contributed by atoms with Crippen LogP contribution in [0.3, 0.4) is 0 Å². The van der Waals surface area contributed by atoms with E-state index in [9.17, 15) is 0 Å². The van der Waals surface area contributed by atoms with Crippen molar-refractivity contribution in [2.24, 2.45) is 5.73 Å². The molecule has 3 nitrogen and oxygen atoms in total. The summed E-state index contributed by atoms with van der Waals surface area (Å²) in [5.41, 5.74) is 5.14. The molecule has 48 valence electrons. The summed E-state index contributed by atoms with van der Waals surface area (Å²) in [6, 6.07) is 0. The normalized spacial score (nSPS) is 30.0. The summed E-state index contributed by atoms with van der Waals surface area (Å²) in [6.07, 6.45) is 0.646. The van der Waals surface area contributed by atoms with Crippen LogP contribution in [0, 0.1) is 0 Å². The van der Waals surface area contributed by atoms with Crippen LogP contribution in [0.25, 0.3) is 0 Å². The molecule has 1 heterocycles. The summed E-state index contributed by atoms with van der Waals surface area (Å²) in [4.78, 5) is 0. The lowest BCUT2D eigenvalue weighted by Gasteiger charge is -2.01. The third-order valence-electron chi connectivity index (χ3n) is 1.21. The van der Waals surface area contributed by atoms with Crippen LogP contribution in [0.5, 0.6) is 0 Å². The van der Waals surface area contributed by atoms with Gasteiger partial charge in [0.15, 0.2) is 0 Å². The predicted octanol–water partition coefficient (Wildman–Crippen LogP) is -0.905. The summed E-state index contributed by atoms with van der Waals surface area (Å²) in [5.74, 6) is 0. The fourth-order valence-electron chi connectivity index (χ4n) is 0.604. The Morgan fingerprint density at radius 2 is 2.50 bits per heavy atom. The van der Waals surface area contributed by atoms with Crippen LogP contribution in [-0.4, -0.2) is 30.5 Å². The van der Waals surface area contributed by atoms with Crippen LogP contribution in [-0.2, 0) is 4.74 Å². The van der Waals surface area contributed by atoms with E-state index in [-0.39, 0.29) is 6.10 Å². The smallest absolute Gasteiger partial charge is 0.0835 e. The van der Waals surface area contributed by atoms with Crippen LogP contribution in [0.4, 0.5) is 0 Å². The number of epoxide rings is 1. The molecule has 1 rings (SSSR count). The van der Waals surface area contributed by atoms with Gasteiger partial charge in [-0.2, -0.15) is 0 Å². The van der Waals surface area contributed by atoms with Crippen molar-refractivity contribution in [3.05, 3.63) is 0 Å². The summed E-state index contributed by atoms with van der Waals surface area (Å²) in [5, 5.41) is 8.86. The van der Waals surface area contributed by atoms with Crippen molar-refractivity contribution < 1.29 is 9.84 Å². The number of aliphatic hydroxyl groups is 1. The standard InChI is InChI=1S/C5H11NO2/c6-2-4(7)1-5-3-8-5/h4-5,7H,1-3,6H2. The number of ether oxygens (including phenoxy) is 1. The first-order chi connectivity index (χ1) is 3.83. The number of hydrogen-bond acceptors (Lipinski definition) is 3. The lowest BCUT2D eigenvalue weighted by atomic mass is 10.2. The molecule has 0 bridgehead atoms. The molecule has 0 aliphatic carbocycles. The first-order valence-electron chi connectivity index (χ1n) is 2.82. The molecule has 0 aromatic rings. The van der Waals surface area contributed by atoms with E-state index in [1.54, 1.807) is 0 Å². The zero-order valence-electron chi connectivity index (χ0n) is 4.71. The third kappa shape index (κ3) is 1.78. The molecule has 2 unspecified atom stereocenters. The number of rotatable bonds is 3. The van der Waals surface area contributed by atoms with E-state index in [4.69, 9.17) is 15.6 Å². The Morgan fingerprint density at radius 1 is 1.88 bits per heavy atom. The second-order valence-corrected chi connectivity index (χ2v) is 2.08. The van der Waals surface area contributed by atoms with Crippen LogP contribution in [0.15, 0.2) is 0 Å². The topological polar surface area (TPSA) is 58.8 Å². The molecule has 3 N–H and O–H groups in total. The maximum Gasteiger partial charge on any atom is 0.0835 e. The Bertz CT molecular complexity index is 72.8. The molecule has 1 saturated heterocycles. The number of hydrogen-bond donors (Lipinski definition) is 2. The Morgan fingerprint density at radius 3 is 2.88 bits per heavy atom. The quantitative estimate of drug-likeness (QED) is 0.471. The number of nitrogens with two attached hydrogens (primary N) is 1. The van der Waals surface area contributed by atoms with Crippen molar-refractivity contribution in [2.45, 2.75) is 18.6 Å². The van der Waals surface area contributed by atoms with Crippen LogP contribution in [0.2, 0.25) is 0 Å². The Balaban J connectivity index is 1.98. The van der Waals surface area contributed by atoms with Crippen molar-refractivity contribution in [1.82, 2.24) is 0 Å². The molecule has 0 amide bonds. The van der Waals surface area contributed by atoms with E-state index >= 15 is 0 Å². The van der Waals surface area contributed by atoms with E-state index in [0.717, 1.165) is 6.61 Å². The number of aliphatic hydroxyl groups excluding tert-OH is 1. The van der Waals surface area contributed by atoms with Gasteiger partial charge in [0.25, 0.3) is 0 Å². The zero-order valence-corrected chi connectivity index (χ0v) is 4.71. The molecule has 0 saturated carbocycles. The van der Waals surface area contributed by atoms with Crippen LogP contribution >= 0.6 is 0 Å². The first kappa shape index (κ1) is 6.01. The van der Waals surface area contributed by atoms with E-state index in [2.05, 4.69) is 0 Å². The van der Waals surface area contributed by atoms with Crippen molar-refractivity contribution in [2.75, 3.05) is 13.2 Å². The molecule has 1 aliphatic rings. The predicted molar refractivity (Wildman–Crippen MR) is 29.4 cm³/mol. The maximum atomic E-state index is 8.86. The van der Waals surface area contributed by atoms with E-state index in [1.807, 2.05) is 0 Å². The molecular formula is C5H11NO2. The van der Waals surface area contributed by atoms with Gasteiger partial charge in [0.2, 0.25) is 0 Å². The minimum atomic E-state index is -0.359. The fourth-order valence-corrected chi connectivity index (χ4v) is 0.604. The van der Waals surface area contributed by atoms with Crippen molar-refractivity contribution in [1.29, 1.82) is 0 Å². The second-order valence-electron chi connectivity index (χ2n) is 2.08. The molecule has 3 heteroatoms. The molecule has 1 aliphatic heterocycles. The van der Waals surface area contributed by atoms with Gasteiger partial charge in [-0.25, -0.2) is 0 Å². The van der Waals surface area contributed by atoms with Gasteiger partial charge >= 0.3 is 0 Å². The lowest BCUT2D eigenvalue weighted by Crippen LogP contribution is -2.21. The summed E-state index contributed by atoms with van der Waals surface area (Å²) in [6.45, 7) is 1.15. The molecule has 8 heavy (non-hydrogen) atoms. The van der Waals surface area contributed by atoms with Gasteiger partial charge < -0.3 is 15.6 Å². The Kier molecular flexibility index (Phi) is 1.83. The lowest BCUT2D eigenvalue weighted by molar-refractivity contribution is 0.159. The van der Waals surface area contributed by atoms with E-state index in [0.29, 0.717) is 19.1 Å². The van der Waals surface area contributed by atoms with Gasteiger partial charge in [-0.3, -0.25) is 0 Å². The molecular weight excluding hydrogens is 106 g/mol. The highest BCUT2D eigenvalue weighted by molar-refractivity contribution is 4.73. The highest BCUT2D eigenvalue weighted by Crippen LogP contribution is 2.14. The minimum Gasteiger partial charge on any atom is -0.392 e. The van der Waals surface area contributed by atoms with Gasteiger partial charge in [-0.05, 0) is 0 Å². The van der Waals surface area contributed by atoms with Crippen LogP contribution in [0.1, 0.15) is 6.42 Å². The zero-order chi connectivity index (χ0) is 5.98. The molecule has 2 atom stereocenters. The van der Waals surface area contributed by atoms with E-state index in [1.165, 1.54) is 0 Å². The first-order valence-corrected chi connectivity index (χ1v) is 2.82.